The molecule has 0 aliphatic heterocycles. The molecular weight excluding hydrogens is 560 g/mol. The van der Waals surface area contributed by atoms with Crippen LogP contribution in [0.1, 0.15) is 46.8 Å². The van der Waals surface area contributed by atoms with E-state index >= 15 is 0 Å². The number of amides is 2. The number of thiazole rings is 1. The SMILES string of the molecule is CC(C)C[C@@H](CO)NC(=O)c1c(-c2ccccn2)nc2c(C(=O)NCc3csc(-c4cccc(Cl)c4)n3)cccn12. The van der Waals surface area contributed by atoms with E-state index in [4.69, 9.17) is 16.6 Å². The summed E-state index contributed by atoms with van der Waals surface area (Å²) in [5.74, 6) is -0.489. The van der Waals surface area contributed by atoms with Gasteiger partial charge < -0.3 is 15.7 Å². The molecule has 0 radical (unpaired) electrons. The summed E-state index contributed by atoms with van der Waals surface area (Å²) in [6, 6.07) is 15.7. The number of benzene rings is 1. The maximum absolute atomic E-state index is 13.6. The molecule has 1 atom stereocenters. The average Bonchev–Trinajstić information content (AvgIpc) is 3.61. The minimum Gasteiger partial charge on any atom is -0.394 e. The largest absolute Gasteiger partial charge is 0.394 e. The zero-order valence-corrected chi connectivity index (χ0v) is 24.1. The number of imidazole rings is 1. The number of aliphatic hydroxyl groups excluding tert-OH is 1. The number of fused-ring (bicyclic) bond motifs is 1. The van der Waals surface area contributed by atoms with E-state index < -0.39 is 11.9 Å². The number of carbonyl (C=O) groups excluding carboxylic acids is 2. The standard InChI is InChI=1S/C30H29ClN6O3S/c1-18(2)13-21(16-38)34-29(40)26-25(24-10-3-4-11-32-24)36-27-23(9-6-12-37(26)27)28(39)33-15-22-17-41-30(35-22)19-7-5-8-20(31)14-19/h3-12,14,17-18,21,38H,13,15-16H2,1-2H3,(H,33,39)(H,34,40)/t21-/m0/s1. The molecule has 41 heavy (non-hydrogen) atoms. The van der Waals surface area contributed by atoms with Crippen LogP contribution in [0.5, 0.6) is 0 Å². The van der Waals surface area contributed by atoms with Crippen molar-refractivity contribution in [2.24, 2.45) is 5.92 Å². The molecule has 4 heterocycles. The second kappa shape index (κ2) is 12.6. The van der Waals surface area contributed by atoms with Crippen molar-refractivity contribution in [3.05, 3.63) is 94.3 Å². The number of nitrogens with one attached hydrogen (secondary N) is 2. The molecule has 11 heteroatoms. The van der Waals surface area contributed by atoms with E-state index in [0.717, 1.165) is 10.6 Å². The Morgan fingerprint density at radius 3 is 2.66 bits per heavy atom. The maximum atomic E-state index is 13.6. The second-order valence-corrected chi connectivity index (χ2v) is 11.3. The Morgan fingerprint density at radius 2 is 1.93 bits per heavy atom. The molecule has 0 unspecified atom stereocenters. The Bertz CT molecular complexity index is 1680. The Kier molecular flexibility index (Phi) is 8.72. The summed E-state index contributed by atoms with van der Waals surface area (Å²) in [4.78, 5) is 40.7. The van der Waals surface area contributed by atoms with Crippen molar-refractivity contribution in [2.45, 2.75) is 32.9 Å². The second-order valence-electron chi connectivity index (χ2n) is 9.96. The lowest BCUT2D eigenvalue weighted by Crippen LogP contribution is -2.39. The third-order valence-electron chi connectivity index (χ3n) is 6.38. The van der Waals surface area contributed by atoms with Crippen LogP contribution in [0.4, 0.5) is 0 Å². The van der Waals surface area contributed by atoms with Gasteiger partial charge in [-0.2, -0.15) is 0 Å². The molecule has 1 aromatic carbocycles. The third kappa shape index (κ3) is 6.45. The molecule has 5 aromatic rings. The number of hydrogen-bond acceptors (Lipinski definition) is 7. The summed E-state index contributed by atoms with van der Waals surface area (Å²) >= 11 is 7.59. The summed E-state index contributed by atoms with van der Waals surface area (Å²) in [7, 11) is 0. The quantitative estimate of drug-likeness (QED) is 0.205. The summed E-state index contributed by atoms with van der Waals surface area (Å²) in [5, 5.41) is 19.0. The molecule has 0 spiro atoms. The van der Waals surface area contributed by atoms with E-state index in [1.807, 2.05) is 43.5 Å². The Labute approximate surface area is 246 Å². The molecule has 5 rings (SSSR count). The molecule has 2 amide bonds. The summed E-state index contributed by atoms with van der Waals surface area (Å²) in [6.07, 6.45) is 3.92. The van der Waals surface area contributed by atoms with Crippen LogP contribution in [0.25, 0.3) is 27.6 Å². The molecule has 4 aromatic heterocycles. The number of aromatic nitrogens is 4. The lowest BCUT2D eigenvalue weighted by Gasteiger charge is -2.18. The topological polar surface area (TPSA) is 122 Å². The molecule has 0 saturated carbocycles. The first-order valence-electron chi connectivity index (χ1n) is 13.2. The van der Waals surface area contributed by atoms with Crippen LogP contribution in [0.2, 0.25) is 5.02 Å². The van der Waals surface area contributed by atoms with Gasteiger partial charge in [-0.15, -0.1) is 11.3 Å². The normalized spacial score (nSPS) is 12.0. The van der Waals surface area contributed by atoms with E-state index in [-0.39, 0.29) is 30.7 Å². The minimum absolute atomic E-state index is 0.192. The van der Waals surface area contributed by atoms with E-state index in [1.54, 1.807) is 47.1 Å². The van der Waals surface area contributed by atoms with Gasteiger partial charge in [0.15, 0.2) is 5.65 Å². The highest BCUT2D eigenvalue weighted by Gasteiger charge is 2.26. The molecule has 210 valence electrons. The zero-order chi connectivity index (χ0) is 28.9. The Hall–Kier alpha value is -4.12. The first kappa shape index (κ1) is 28.4. The van der Waals surface area contributed by atoms with Crippen molar-refractivity contribution in [1.29, 1.82) is 0 Å². The smallest absolute Gasteiger partial charge is 0.270 e. The lowest BCUT2D eigenvalue weighted by atomic mass is 10.0. The van der Waals surface area contributed by atoms with Crippen molar-refractivity contribution < 1.29 is 14.7 Å². The number of pyridine rings is 2. The van der Waals surface area contributed by atoms with Gasteiger partial charge in [0.1, 0.15) is 16.4 Å². The van der Waals surface area contributed by atoms with Crippen molar-refractivity contribution in [1.82, 2.24) is 30.0 Å². The maximum Gasteiger partial charge on any atom is 0.270 e. The van der Waals surface area contributed by atoms with Gasteiger partial charge in [0.2, 0.25) is 0 Å². The molecule has 0 bridgehead atoms. The number of carbonyl (C=O) groups is 2. The molecule has 0 aliphatic rings. The van der Waals surface area contributed by atoms with Crippen molar-refractivity contribution in [3.8, 4) is 22.0 Å². The number of aliphatic hydroxyl groups is 1. The lowest BCUT2D eigenvalue weighted by molar-refractivity contribution is 0.0901. The van der Waals surface area contributed by atoms with E-state index in [9.17, 15) is 14.7 Å². The Balaban J connectivity index is 1.44. The van der Waals surface area contributed by atoms with Crippen LogP contribution in [0, 0.1) is 5.92 Å². The number of halogens is 1. The summed E-state index contributed by atoms with van der Waals surface area (Å²) < 4.78 is 1.60. The molecule has 3 N–H and O–H groups in total. The predicted molar refractivity (Wildman–Crippen MR) is 160 cm³/mol. The van der Waals surface area contributed by atoms with Crippen LogP contribution in [0.3, 0.4) is 0 Å². The molecule has 0 saturated heterocycles. The fourth-order valence-corrected chi connectivity index (χ4v) is 5.56. The van der Waals surface area contributed by atoms with Gasteiger partial charge in [-0.3, -0.25) is 19.0 Å². The van der Waals surface area contributed by atoms with Crippen molar-refractivity contribution in [2.75, 3.05) is 6.61 Å². The highest BCUT2D eigenvalue weighted by atomic mass is 35.5. The van der Waals surface area contributed by atoms with Crippen molar-refractivity contribution in [3.63, 3.8) is 0 Å². The first-order valence-corrected chi connectivity index (χ1v) is 14.4. The number of nitrogens with zero attached hydrogens (tertiary/aromatic N) is 4. The monoisotopic (exact) mass is 588 g/mol. The van der Waals surface area contributed by atoms with Crippen LogP contribution < -0.4 is 10.6 Å². The van der Waals surface area contributed by atoms with Gasteiger partial charge >= 0.3 is 0 Å². The van der Waals surface area contributed by atoms with Gasteiger partial charge in [0, 0.05) is 28.4 Å². The molecule has 0 fully saturated rings. The zero-order valence-electron chi connectivity index (χ0n) is 22.5. The highest BCUT2D eigenvalue weighted by molar-refractivity contribution is 7.13. The third-order valence-corrected chi connectivity index (χ3v) is 7.56. The average molecular weight is 589 g/mol. The van der Waals surface area contributed by atoms with Crippen LogP contribution in [0.15, 0.2) is 72.4 Å². The van der Waals surface area contributed by atoms with Crippen molar-refractivity contribution >= 4 is 40.4 Å². The number of rotatable bonds is 10. The highest BCUT2D eigenvalue weighted by Crippen LogP contribution is 2.27. The molecule has 9 nitrogen and oxygen atoms in total. The Morgan fingerprint density at radius 1 is 1.07 bits per heavy atom. The van der Waals surface area contributed by atoms with Crippen LogP contribution in [-0.4, -0.2) is 48.9 Å². The summed E-state index contributed by atoms with van der Waals surface area (Å²) in [5.41, 5.74) is 3.31. The van der Waals surface area contributed by atoms with Crippen LogP contribution in [-0.2, 0) is 6.54 Å². The fourth-order valence-electron chi connectivity index (χ4n) is 4.55. The van der Waals surface area contributed by atoms with Gasteiger partial charge in [-0.1, -0.05) is 43.6 Å². The van der Waals surface area contributed by atoms with Gasteiger partial charge in [-0.25, -0.2) is 9.97 Å². The molecular formula is C30H29ClN6O3S. The van der Waals surface area contributed by atoms with Gasteiger partial charge in [0.25, 0.3) is 11.8 Å². The first-order chi connectivity index (χ1) is 19.8. The minimum atomic E-state index is -0.425. The predicted octanol–water partition coefficient (Wildman–Crippen LogP) is 5.24. The molecule has 0 aliphatic carbocycles. The summed E-state index contributed by atoms with van der Waals surface area (Å²) in [6.45, 7) is 4.07. The van der Waals surface area contributed by atoms with Crippen LogP contribution >= 0.6 is 22.9 Å². The fraction of sp³-hybridized carbons (Fsp3) is 0.233. The van der Waals surface area contributed by atoms with E-state index in [2.05, 4.69) is 20.6 Å². The van der Waals surface area contributed by atoms with Gasteiger partial charge in [-0.05, 0) is 48.7 Å². The van der Waals surface area contributed by atoms with Gasteiger partial charge in [0.05, 0.1) is 36.1 Å². The van der Waals surface area contributed by atoms with E-state index in [1.165, 1.54) is 11.3 Å². The van der Waals surface area contributed by atoms with E-state index in [0.29, 0.717) is 39.7 Å². The number of hydrogen-bond donors (Lipinski definition) is 3.